The third-order valence-corrected chi connectivity index (χ3v) is 3.68. The van der Waals surface area contributed by atoms with E-state index in [1.165, 1.54) is 4.70 Å². The van der Waals surface area contributed by atoms with Crippen LogP contribution in [-0.4, -0.2) is 16.6 Å². The first-order valence-electron chi connectivity index (χ1n) is 5.80. The van der Waals surface area contributed by atoms with Crippen molar-refractivity contribution in [1.82, 2.24) is 9.97 Å². The van der Waals surface area contributed by atoms with Crippen LogP contribution in [0.3, 0.4) is 0 Å². The summed E-state index contributed by atoms with van der Waals surface area (Å²) in [5.74, 6) is 0.872. The molecule has 0 fully saturated rings. The monoisotopic (exact) mass is 256 g/mol. The quantitative estimate of drug-likeness (QED) is 0.715. The molecule has 0 aliphatic heterocycles. The van der Waals surface area contributed by atoms with Gasteiger partial charge in [0, 0.05) is 24.0 Å². The van der Waals surface area contributed by atoms with E-state index >= 15 is 0 Å². The van der Waals surface area contributed by atoms with E-state index < -0.39 is 0 Å². The van der Waals surface area contributed by atoms with Gasteiger partial charge in [-0.25, -0.2) is 4.98 Å². The van der Waals surface area contributed by atoms with Crippen LogP contribution >= 0.6 is 11.3 Å². The third-order valence-electron chi connectivity index (χ3n) is 2.60. The summed E-state index contributed by atoms with van der Waals surface area (Å²) in [4.78, 5) is 8.66. The molecule has 0 saturated carbocycles. The fourth-order valence-electron chi connectivity index (χ4n) is 1.78. The molecule has 0 unspecified atom stereocenters. The standard InChI is InChI=1S/C14H12N2OS/c1-2-17-11-3-4-13-12(9-11)16-14(18-13)10-5-7-15-8-6-10/h3-9H,2H2,1H3. The summed E-state index contributed by atoms with van der Waals surface area (Å²) in [6.07, 6.45) is 3.57. The number of ether oxygens (including phenoxy) is 1. The van der Waals surface area contributed by atoms with Crippen molar-refractivity contribution in [2.45, 2.75) is 6.92 Å². The zero-order valence-electron chi connectivity index (χ0n) is 9.96. The van der Waals surface area contributed by atoms with Crippen LogP contribution in [0.1, 0.15) is 6.92 Å². The van der Waals surface area contributed by atoms with Crippen molar-refractivity contribution >= 4 is 21.6 Å². The normalized spacial score (nSPS) is 10.7. The summed E-state index contributed by atoms with van der Waals surface area (Å²) in [7, 11) is 0. The van der Waals surface area contributed by atoms with Crippen molar-refractivity contribution in [3.05, 3.63) is 42.7 Å². The van der Waals surface area contributed by atoms with Gasteiger partial charge in [-0.1, -0.05) is 0 Å². The van der Waals surface area contributed by atoms with Crippen LogP contribution in [0.25, 0.3) is 20.8 Å². The van der Waals surface area contributed by atoms with Gasteiger partial charge in [-0.05, 0) is 31.2 Å². The SMILES string of the molecule is CCOc1ccc2sc(-c3ccncc3)nc2c1. The van der Waals surface area contributed by atoms with Crippen LogP contribution in [0, 0.1) is 0 Å². The molecule has 2 heterocycles. The number of hydrogen-bond acceptors (Lipinski definition) is 4. The Morgan fingerprint density at radius 3 is 2.78 bits per heavy atom. The van der Waals surface area contributed by atoms with Crippen molar-refractivity contribution in [3.8, 4) is 16.3 Å². The molecule has 2 aromatic heterocycles. The zero-order chi connectivity index (χ0) is 12.4. The van der Waals surface area contributed by atoms with Gasteiger partial charge in [0.1, 0.15) is 10.8 Å². The number of nitrogens with zero attached hydrogens (tertiary/aromatic N) is 2. The van der Waals surface area contributed by atoms with E-state index in [4.69, 9.17) is 4.74 Å². The van der Waals surface area contributed by atoms with Crippen LogP contribution in [0.5, 0.6) is 5.75 Å². The Labute approximate surface area is 109 Å². The highest BCUT2D eigenvalue weighted by molar-refractivity contribution is 7.21. The first-order valence-corrected chi connectivity index (χ1v) is 6.62. The highest BCUT2D eigenvalue weighted by atomic mass is 32.1. The predicted molar refractivity (Wildman–Crippen MR) is 74.0 cm³/mol. The van der Waals surface area contributed by atoms with Gasteiger partial charge in [0.2, 0.25) is 0 Å². The van der Waals surface area contributed by atoms with Crippen molar-refractivity contribution in [2.75, 3.05) is 6.61 Å². The van der Waals surface area contributed by atoms with Crippen molar-refractivity contribution in [2.24, 2.45) is 0 Å². The van der Waals surface area contributed by atoms with Gasteiger partial charge < -0.3 is 4.74 Å². The summed E-state index contributed by atoms with van der Waals surface area (Å²) in [5, 5.41) is 1.01. The number of thiazole rings is 1. The fraction of sp³-hybridized carbons (Fsp3) is 0.143. The number of fused-ring (bicyclic) bond motifs is 1. The summed E-state index contributed by atoms with van der Waals surface area (Å²) in [6.45, 7) is 2.65. The Kier molecular flexibility index (Phi) is 2.94. The minimum atomic E-state index is 0.673. The highest BCUT2D eigenvalue weighted by Crippen LogP contribution is 2.31. The minimum Gasteiger partial charge on any atom is -0.494 e. The lowest BCUT2D eigenvalue weighted by Crippen LogP contribution is -1.90. The van der Waals surface area contributed by atoms with Crippen LogP contribution in [0.15, 0.2) is 42.7 Å². The Hall–Kier alpha value is -1.94. The van der Waals surface area contributed by atoms with Gasteiger partial charge in [-0.15, -0.1) is 11.3 Å². The topological polar surface area (TPSA) is 35.0 Å². The lowest BCUT2D eigenvalue weighted by atomic mass is 10.3. The van der Waals surface area contributed by atoms with Gasteiger partial charge >= 0.3 is 0 Å². The molecule has 0 spiro atoms. The van der Waals surface area contributed by atoms with E-state index in [0.717, 1.165) is 21.8 Å². The van der Waals surface area contributed by atoms with Crippen LogP contribution in [0.4, 0.5) is 0 Å². The average molecular weight is 256 g/mol. The molecular formula is C14H12N2OS. The molecule has 0 amide bonds. The van der Waals surface area contributed by atoms with Gasteiger partial charge in [0.05, 0.1) is 16.8 Å². The molecular weight excluding hydrogens is 244 g/mol. The smallest absolute Gasteiger partial charge is 0.124 e. The lowest BCUT2D eigenvalue weighted by Gasteiger charge is -2.00. The first-order chi connectivity index (χ1) is 8.86. The molecule has 90 valence electrons. The Bertz CT molecular complexity index is 664. The molecule has 0 N–H and O–H groups in total. The van der Waals surface area contributed by atoms with E-state index in [1.807, 2.05) is 31.2 Å². The van der Waals surface area contributed by atoms with Crippen molar-refractivity contribution < 1.29 is 4.74 Å². The molecule has 0 saturated heterocycles. The number of aromatic nitrogens is 2. The molecule has 0 aliphatic rings. The van der Waals surface area contributed by atoms with E-state index in [2.05, 4.69) is 16.0 Å². The summed E-state index contributed by atoms with van der Waals surface area (Å²) in [6, 6.07) is 9.98. The second kappa shape index (κ2) is 4.74. The molecule has 3 aromatic rings. The third kappa shape index (κ3) is 2.07. The summed E-state index contributed by atoms with van der Waals surface area (Å²) < 4.78 is 6.66. The highest BCUT2D eigenvalue weighted by Gasteiger charge is 2.06. The van der Waals surface area contributed by atoms with E-state index in [9.17, 15) is 0 Å². The molecule has 4 heteroatoms. The van der Waals surface area contributed by atoms with Gasteiger partial charge in [-0.2, -0.15) is 0 Å². The molecule has 0 bridgehead atoms. The average Bonchev–Trinajstić information content (AvgIpc) is 2.83. The van der Waals surface area contributed by atoms with Gasteiger partial charge in [0.25, 0.3) is 0 Å². The maximum atomic E-state index is 5.48. The lowest BCUT2D eigenvalue weighted by molar-refractivity contribution is 0.340. The molecule has 3 nitrogen and oxygen atoms in total. The van der Waals surface area contributed by atoms with E-state index in [-0.39, 0.29) is 0 Å². The van der Waals surface area contributed by atoms with Crippen molar-refractivity contribution in [3.63, 3.8) is 0 Å². The molecule has 18 heavy (non-hydrogen) atoms. The maximum absolute atomic E-state index is 5.48. The minimum absolute atomic E-state index is 0.673. The number of benzene rings is 1. The van der Waals surface area contributed by atoms with Crippen LogP contribution < -0.4 is 4.74 Å². The number of hydrogen-bond donors (Lipinski definition) is 0. The first kappa shape index (κ1) is 11.2. The Morgan fingerprint density at radius 1 is 1.17 bits per heavy atom. The molecule has 0 radical (unpaired) electrons. The molecule has 0 aliphatic carbocycles. The van der Waals surface area contributed by atoms with E-state index in [0.29, 0.717) is 6.61 Å². The second-order valence-corrected chi connectivity index (χ2v) is 4.85. The predicted octanol–water partition coefficient (Wildman–Crippen LogP) is 3.76. The summed E-state index contributed by atoms with van der Waals surface area (Å²) in [5.41, 5.74) is 2.09. The largest absolute Gasteiger partial charge is 0.494 e. The molecule has 3 rings (SSSR count). The number of pyridine rings is 1. The Morgan fingerprint density at radius 2 is 2.00 bits per heavy atom. The fourth-order valence-corrected chi connectivity index (χ4v) is 2.73. The Balaban J connectivity index is 2.06. The zero-order valence-corrected chi connectivity index (χ0v) is 10.8. The summed E-state index contributed by atoms with van der Waals surface area (Å²) >= 11 is 1.68. The second-order valence-electron chi connectivity index (χ2n) is 3.82. The van der Waals surface area contributed by atoms with Crippen molar-refractivity contribution in [1.29, 1.82) is 0 Å². The van der Waals surface area contributed by atoms with Crippen LogP contribution in [-0.2, 0) is 0 Å². The maximum Gasteiger partial charge on any atom is 0.124 e. The molecule has 1 aromatic carbocycles. The van der Waals surface area contributed by atoms with Gasteiger partial charge in [0.15, 0.2) is 0 Å². The number of rotatable bonds is 3. The van der Waals surface area contributed by atoms with E-state index in [1.54, 1.807) is 23.7 Å². The van der Waals surface area contributed by atoms with Gasteiger partial charge in [-0.3, -0.25) is 4.98 Å². The van der Waals surface area contributed by atoms with Crippen LogP contribution in [0.2, 0.25) is 0 Å². The molecule has 0 atom stereocenters.